The van der Waals surface area contributed by atoms with Crippen LogP contribution >= 0.6 is 11.6 Å². The lowest BCUT2D eigenvalue weighted by molar-refractivity contribution is 0.203. The summed E-state index contributed by atoms with van der Waals surface area (Å²) in [5, 5.41) is 13.6. The van der Waals surface area contributed by atoms with Gasteiger partial charge in [0.15, 0.2) is 0 Å². The molecule has 0 aliphatic carbocycles. The van der Waals surface area contributed by atoms with Gasteiger partial charge in [0.1, 0.15) is 0 Å². The topological polar surface area (TPSA) is 35.5 Å². The quantitative estimate of drug-likeness (QED) is 0.864. The molecule has 2 aromatic rings. The molecule has 2 N–H and O–H groups in total. The standard InChI is InChI=1S/C19H23ClN2O/c20-17-7-5-15(6-8-17)13-21-18-3-1-2-4-19(18)22-11-9-16(14-23)10-12-22/h1-8,16,21,23H,9-14H2. The number of benzene rings is 2. The molecule has 0 atom stereocenters. The number of nitrogens with zero attached hydrogens (tertiary/aromatic N) is 1. The number of nitrogens with one attached hydrogen (secondary N) is 1. The molecule has 1 heterocycles. The van der Waals surface area contributed by atoms with Crippen molar-refractivity contribution in [2.45, 2.75) is 19.4 Å². The molecule has 122 valence electrons. The highest BCUT2D eigenvalue weighted by Gasteiger charge is 2.20. The number of halogens is 1. The van der Waals surface area contributed by atoms with E-state index >= 15 is 0 Å². The van der Waals surface area contributed by atoms with Crippen molar-refractivity contribution in [1.82, 2.24) is 0 Å². The van der Waals surface area contributed by atoms with Crippen molar-refractivity contribution in [3.63, 3.8) is 0 Å². The molecule has 1 saturated heterocycles. The number of hydrogen-bond acceptors (Lipinski definition) is 3. The lowest BCUT2D eigenvalue weighted by atomic mass is 9.97. The van der Waals surface area contributed by atoms with E-state index in [4.69, 9.17) is 11.6 Å². The largest absolute Gasteiger partial charge is 0.396 e. The lowest BCUT2D eigenvalue weighted by Crippen LogP contribution is -2.35. The van der Waals surface area contributed by atoms with Gasteiger partial charge in [0.05, 0.1) is 11.4 Å². The maximum absolute atomic E-state index is 9.29. The van der Waals surface area contributed by atoms with Crippen LogP contribution in [0.1, 0.15) is 18.4 Å². The van der Waals surface area contributed by atoms with Crippen molar-refractivity contribution < 1.29 is 5.11 Å². The molecule has 23 heavy (non-hydrogen) atoms. The smallest absolute Gasteiger partial charge is 0.0602 e. The number of piperidine rings is 1. The Bertz CT molecular complexity index is 622. The molecule has 1 aliphatic heterocycles. The minimum atomic E-state index is 0.310. The molecule has 0 saturated carbocycles. The first-order chi connectivity index (χ1) is 11.3. The van der Waals surface area contributed by atoms with E-state index in [0.717, 1.165) is 43.2 Å². The Kier molecular flexibility index (Phi) is 5.42. The number of para-hydroxylation sites is 2. The third-order valence-electron chi connectivity index (χ3n) is 4.51. The number of anilines is 2. The molecule has 1 fully saturated rings. The van der Waals surface area contributed by atoms with Gasteiger partial charge in [-0.25, -0.2) is 0 Å². The zero-order chi connectivity index (χ0) is 16.1. The van der Waals surface area contributed by atoms with Gasteiger partial charge in [-0.05, 0) is 48.6 Å². The van der Waals surface area contributed by atoms with E-state index in [2.05, 4.69) is 34.5 Å². The summed E-state index contributed by atoms with van der Waals surface area (Å²) in [5.41, 5.74) is 3.62. The van der Waals surface area contributed by atoms with Gasteiger partial charge in [-0.2, -0.15) is 0 Å². The fraction of sp³-hybridized carbons (Fsp3) is 0.368. The predicted octanol–water partition coefficient (Wildman–Crippen LogP) is 4.16. The lowest BCUT2D eigenvalue weighted by Gasteiger charge is -2.34. The second kappa shape index (κ2) is 7.71. The summed E-state index contributed by atoms with van der Waals surface area (Å²) in [6.07, 6.45) is 2.12. The van der Waals surface area contributed by atoms with Crippen molar-refractivity contribution >= 4 is 23.0 Å². The van der Waals surface area contributed by atoms with E-state index < -0.39 is 0 Å². The number of aliphatic hydroxyl groups excluding tert-OH is 1. The third-order valence-corrected chi connectivity index (χ3v) is 4.77. The van der Waals surface area contributed by atoms with Gasteiger partial charge in [0, 0.05) is 31.3 Å². The summed E-state index contributed by atoms with van der Waals surface area (Å²) in [5.74, 6) is 0.459. The van der Waals surface area contributed by atoms with Crippen LogP contribution in [0.2, 0.25) is 5.02 Å². The first-order valence-electron chi connectivity index (χ1n) is 8.19. The van der Waals surface area contributed by atoms with Crippen LogP contribution in [0.3, 0.4) is 0 Å². The van der Waals surface area contributed by atoms with E-state index in [0.29, 0.717) is 12.5 Å². The SMILES string of the molecule is OCC1CCN(c2ccccc2NCc2ccc(Cl)cc2)CC1. The van der Waals surface area contributed by atoms with E-state index in [9.17, 15) is 5.11 Å². The van der Waals surface area contributed by atoms with Crippen LogP contribution in [0.15, 0.2) is 48.5 Å². The summed E-state index contributed by atoms with van der Waals surface area (Å²) in [6.45, 7) is 3.10. The van der Waals surface area contributed by atoms with Crippen LogP contribution in [0.4, 0.5) is 11.4 Å². The molecule has 0 bridgehead atoms. The van der Waals surface area contributed by atoms with Crippen molar-refractivity contribution in [2.75, 3.05) is 29.9 Å². The molecule has 0 radical (unpaired) electrons. The molecule has 0 aromatic heterocycles. The highest BCUT2D eigenvalue weighted by molar-refractivity contribution is 6.30. The van der Waals surface area contributed by atoms with Crippen LogP contribution in [0.25, 0.3) is 0 Å². The summed E-state index contributed by atoms with van der Waals surface area (Å²) >= 11 is 5.93. The Hall–Kier alpha value is -1.71. The Morgan fingerprint density at radius 3 is 2.43 bits per heavy atom. The molecule has 3 nitrogen and oxygen atoms in total. The minimum absolute atomic E-state index is 0.310. The van der Waals surface area contributed by atoms with Gasteiger partial charge in [-0.3, -0.25) is 0 Å². The number of hydrogen-bond donors (Lipinski definition) is 2. The highest BCUT2D eigenvalue weighted by Crippen LogP contribution is 2.30. The van der Waals surface area contributed by atoms with E-state index in [1.165, 1.54) is 11.3 Å². The molecule has 0 amide bonds. The molecular weight excluding hydrogens is 308 g/mol. The first-order valence-corrected chi connectivity index (χ1v) is 8.57. The number of aliphatic hydroxyl groups is 1. The van der Waals surface area contributed by atoms with E-state index in [-0.39, 0.29) is 0 Å². The zero-order valence-electron chi connectivity index (χ0n) is 13.2. The van der Waals surface area contributed by atoms with Crippen LogP contribution in [-0.2, 0) is 6.54 Å². The van der Waals surface area contributed by atoms with Crippen molar-refractivity contribution in [1.29, 1.82) is 0 Å². The van der Waals surface area contributed by atoms with Crippen LogP contribution in [0.5, 0.6) is 0 Å². The summed E-state index contributed by atoms with van der Waals surface area (Å²) in [7, 11) is 0. The second-order valence-electron chi connectivity index (χ2n) is 6.11. The minimum Gasteiger partial charge on any atom is -0.396 e. The normalized spacial score (nSPS) is 15.7. The predicted molar refractivity (Wildman–Crippen MR) is 97.2 cm³/mol. The maximum atomic E-state index is 9.29. The first kappa shape index (κ1) is 16.2. The van der Waals surface area contributed by atoms with Gasteiger partial charge in [-0.1, -0.05) is 35.9 Å². The zero-order valence-corrected chi connectivity index (χ0v) is 14.0. The fourth-order valence-electron chi connectivity index (χ4n) is 3.05. The summed E-state index contributed by atoms with van der Waals surface area (Å²) < 4.78 is 0. The van der Waals surface area contributed by atoms with Crippen LogP contribution in [0, 0.1) is 5.92 Å². The molecule has 2 aromatic carbocycles. The Balaban J connectivity index is 1.67. The van der Waals surface area contributed by atoms with Crippen molar-refractivity contribution in [3.05, 3.63) is 59.1 Å². The number of rotatable bonds is 5. The van der Waals surface area contributed by atoms with Gasteiger partial charge >= 0.3 is 0 Å². The van der Waals surface area contributed by atoms with Crippen molar-refractivity contribution in [2.24, 2.45) is 5.92 Å². The van der Waals surface area contributed by atoms with E-state index in [1.54, 1.807) is 0 Å². The summed E-state index contributed by atoms with van der Waals surface area (Å²) in [4.78, 5) is 2.41. The monoisotopic (exact) mass is 330 g/mol. The average Bonchev–Trinajstić information content (AvgIpc) is 2.62. The highest BCUT2D eigenvalue weighted by atomic mass is 35.5. The van der Waals surface area contributed by atoms with Gasteiger partial charge in [0.2, 0.25) is 0 Å². The third kappa shape index (κ3) is 4.18. The van der Waals surface area contributed by atoms with Gasteiger partial charge < -0.3 is 15.3 Å². The van der Waals surface area contributed by atoms with Gasteiger partial charge in [0.25, 0.3) is 0 Å². The molecule has 0 unspecified atom stereocenters. The molecule has 0 spiro atoms. The molecule has 3 rings (SSSR count). The molecular formula is C19H23ClN2O. The molecule has 1 aliphatic rings. The van der Waals surface area contributed by atoms with Crippen molar-refractivity contribution in [3.8, 4) is 0 Å². The Morgan fingerprint density at radius 2 is 1.74 bits per heavy atom. The van der Waals surface area contributed by atoms with Gasteiger partial charge in [-0.15, -0.1) is 0 Å². The van der Waals surface area contributed by atoms with Crippen LogP contribution in [-0.4, -0.2) is 24.8 Å². The second-order valence-corrected chi connectivity index (χ2v) is 6.55. The Morgan fingerprint density at radius 1 is 1.04 bits per heavy atom. The van der Waals surface area contributed by atoms with Crippen LogP contribution < -0.4 is 10.2 Å². The summed E-state index contributed by atoms with van der Waals surface area (Å²) in [6, 6.07) is 16.4. The maximum Gasteiger partial charge on any atom is 0.0602 e. The molecule has 4 heteroatoms. The van der Waals surface area contributed by atoms with E-state index in [1.807, 2.05) is 24.3 Å². The fourth-order valence-corrected chi connectivity index (χ4v) is 3.18. The Labute approximate surface area is 142 Å². The average molecular weight is 331 g/mol.